The van der Waals surface area contributed by atoms with E-state index in [0.717, 1.165) is 16.7 Å². The predicted molar refractivity (Wildman–Crippen MR) is 81.1 cm³/mol. The molecule has 0 saturated carbocycles. The fourth-order valence-electron chi connectivity index (χ4n) is 2.03. The lowest BCUT2D eigenvalue weighted by molar-refractivity contribution is 0.570. The molecule has 0 aliphatic rings. The van der Waals surface area contributed by atoms with E-state index in [-0.39, 0.29) is 16.0 Å². The van der Waals surface area contributed by atoms with E-state index in [9.17, 15) is 13.2 Å². The molecule has 1 N–H and O–H groups in total. The van der Waals surface area contributed by atoms with Crippen LogP contribution in [0.25, 0.3) is 16.7 Å². The van der Waals surface area contributed by atoms with Gasteiger partial charge < -0.3 is 4.98 Å². The van der Waals surface area contributed by atoms with E-state index in [1.165, 1.54) is 18.2 Å². The van der Waals surface area contributed by atoms with Crippen molar-refractivity contribution in [3.05, 3.63) is 56.1 Å². The number of nitrogens with one attached hydrogen (secondary N) is 1. The first-order chi connectivity index (χ1) is 9.49. The normalized spacial score (nSPS) is 11.2. The average Bonchev–Trinajstić information content (AvgIpc) is 2.67. The Kier molecular flexibility index (Phi) is 3.33. The predicted octanol–water partition coefficient (Wildman–Crippen LogP) is 4.71. The molecule has 0 aliphatic carbocycles. The number of fused-ring (bicyclic) bond motifs is 1. The number of aromatic nitrogens is 2. The molecule has 0 radical (unpaired) electrons. The molecule has 2 aromatic carbocycles. The van der Waals surface area contributed by atoms with Crippen molar-refractivity contribution in [2.45, 2.75) is 0 Å². The van der Waals surface area contributed by atoms with Gasteiger partial charge in [-0.15, -0.1) is 0 Å². The monoisotopic (exact) mass is 406 g/mol. The lowest BCUT2D eigenvalue weighted by Crippen LogP contribution is -2.01. The summed E-state index contributed by atoms with van der Waals surface area (Å²) in [7, 11) is 0. The van der Waals surface area contributed by atoms with Gasteiger partial charge in [-0.25, -0.2) is 13.2 Å². The molecule has 0 unspecified atom stereocenters. The summed E-state index contributed by atoms with van der Waals surface area (Å²) in [4.78, 5) is 2.82. The van der Waals surface area contributed by atoms with Crippen molar-refractivity contribution in [1.29, 1.82) is 0 Å². The Balaban J connectivity index is 2.46. The van der Waals surface area contributed by atoms with Crippen LogP contribution in [0, 0.1) is 25.8 Å². The van der Waals surface area contributed by atoms with Crippen LogP contribution in [0.15, 0.2) is 30.3 Å². The first-order valence-electron chi connectivity index (χ1n) is 5.53. The molecule has 0 aliphatic heterocycles. The molecule has 1 aromatic heterocycles. The second-order valence-electron chi connectivity index (χ2n) is 4.12. The second kappa shape index (κ2) is 4.88. The highest BCUT2D eigenvalue weighted by molar-refractivity contribution is 14.1. The van der Waals surface area contributed by atoms with Crippen molar-refractivity contribution >= 4 is 45.8 Å². The number of benzene rings is 2. The number of H-pyrrole nitrogens is 1. The number of aromatic amines is 1. The lowest BCUT2D eigenvalue weighted by atomic mass is 10.2. The van der Waals surface area contributed by atoms with Gasteiger partial charge in [-0.2, -0.15) is 0 Å². The zero-order valence-electron chi connectivity index (χ0n) is 9.75. The summed E-state index contributed by atoms with van der Waals surface area (Å²) in [6, 6.07) is 6.26. The van der Waals surface area contributed by atoms with Crippen molar-refractivity contribution in [1.82, 2.24) is 9.55 Å². The molecule has 0 atom stereocenters. The summed E-state index contributed by atoms with van der Waals surface area (Å²) in [6.07, 6.45) is 0. The molecule has 2 nitrogen and oxygen atoms in total. The van der Waals surface area contributed by atoms with Gasteiger partial charge in [0.2, 0.25) is 0 Å². The largest absolute Gasteiger partial charge is 0.330 e. The van der Waals surface area contributed by atoms with Gasteiger partial charge in [0, 0.05) is 6.07 Å². The Morgan fingerprint density at radius 2 is 1.70 bits per heavy atom. The van der Waals surface area contributed by atoms with Gasteiger partial charge in [0.1, 0.15) is 23.1 Å². The minimum Gasteiger partial charge on any atom is -0.330 e. The van der Waals surface area contributed by atoms with Crippen molar-refractivity contribution in [3.63, 3.8) is 0 Å². The van der Waals surface area contributed by atoms with Crippen LogP contribution in [0.1, 0.15) is 0 Å². The van der Waals surface area contributed by atoms with Crippen LogP contribution in [-0.4, -0.2) is 9.55 Å². The highest BCUT2D eigenvalue weighted by Crippen LogP contribution is 2.26. The first-order valence-corrected chi connectivity index (χ1v) is 7.02. The summed E-state index contributed by atoms with van der Waals surface area (Å²) < 4.78 is 43.1. The van der Waals surface area contributed by atoms with Gasteiger partial charge in [0.15, 0.2) is 4.77 Å². The molecular weight excluding hydrogens is 400 g/mol. The van der Waals surface area contributed by atoms with Crippen LogP contribution in [0.5, 0.6) is 0 Å². The number of hydrogen-bond acceptors (Lipinski definition) is 1. The van der Waals surface area contributed by atoms with Crippen molar-refractivity contribution < 1.29 is 13.2 Å². The Labute approximate surface area is 130 Å². The number of para-hydroxylation sites is 1. The summed E-state index contributed by atoms with van der Waals surface area (Å²) in [5.74, 6) is -2.00. The molecule has 0 bridgehead atoms. The molecule has 0 saturated heterocycles. The van der Waals surface area contributed by atoms with Gasteiger partial charge in [-0.3, -0.25) is 4.57 Å². The minimum atomic E-state index is -0.763. The Bertz CT molecular complexity index is 865. The Morgan fingerprint density at radius 3 is 2.35 bits per heavy atom. The van der Waals surface area contributed by atoms with Gasteiger partial charge in [-0.05, 0) is 53.0 Å². The summed E-state index contributed by atoms with van der Waals surface area (Å²) >= 11 is 6.92. The SMILES string of the molecule is Fc1cc2c(cc1I)[nH]c(=S)n2-c1c(F)cccc1F. The highest BCUT2D eigenvalue weighted by atomic mass is 127. The Hall–Kier alpha value is -1.35. The van der Waals surface area contributed by atoms with Crippen LogP contribution in [-0.2, 0) is 0 Å². The maximum absolute atomic E-state index is 13.9. The maximum atomic E-state index is 13.9. The van der Waals surface area contributed by atoms with Crippen LogP contribution in [0.2, 0.25) is 0 Å². The van der Waals surface area contributed by atoms with Crippen molar-refractivity contribution in [3.8, 4) is 5.69 Å². The number of hydrogen-bond donors (Lipinski definition) is 1. The molecule has 3 rings (SSSR count). The average molecular weight is 406 g/mol. The third-order valence-corrected chi connectivity index (χ3v) is 4.00. The van der Waals surface area contributed by atoms with E-state index < -0.39 is 17.5 Å². The molecule has 0 fully saturated rings. The van der Waals surface area contributed by atoms with E-state index in [2.05, 4.69) is 4.98 Å². The van der Waals surface area contributed by atoms with Gasteiger partial charge in [0.05, 0.1) is 14.6 Å². The van der Waals surface area contributed by atoms with E-state index >= 15 is 0 Å². The third-order valence-electron chi connectivity index (χ3n) is 2.89. The number of nitrogens with zero attached hydrogens (tertiary/aromatic N) is 1. The fourth-order valence-corrected chi connectivity index (χ4v) is 2.79. The van der Waals surface area contributed by atoms with Gasteiger partial charge in [-0.1, -0.05) is 6.07 Å². The van der Waals surface area contributed by atoms with Crippen molar-refractivity contribution in [2.24, 2.45) is 0 Å². The van der Waals surface area contributed by atoms with Gasteiger partial charge in [0.25, 0.3) is 0 Å². The minimum absolute atomic E-state index is 0.102. The van der Waals surface area contributed by atoms with Crippen LogP contribution in [0.4, 0.5) is 13.2 Å². The molecule has 3 aromatic rings. The topological polar surface area (TPSA) is 20.7 Å². The number of rotatable bonds is 1. The molecule has 0 amide bonds. The van der Waals surface area contributed by atoms with E-state index in [1.807, 2.05) is 22.6 Å². The highest BCUT2D eigenvalue weighted by Gasteiger charge is 2.16. The van der Waals surface area contributed by atoms with E-state index in [1.54, 1.807) is 0 Å². The zero-order valence-corrected chi connectivity index (χ0v) is 12.7. The standard InChI is InChI=1S/C13H6F3IN2S/c14-6-2-1-3-7(15)12(6)19-11-4-8(16)9(17)5-10(11)18-13(19)20/h1-5H,(H,18,20). The molecule has 7 heteroatoms. The molecular formula is C13H6F3IN2S. The van der Waals surface area contributed by atoms with Crippen molar-refractivity contribution in [2.75, 3.05) is 0 Å². The smallest absolute Gasteiger partial charge is 0.182 e. The second-order valence-corrected chi connectivity index (χ2v) is 5.67. The number of halogens is 4. The summed E-state index contributed by atoms with van der Waals surface area (Å²) in [5, 5.41) is 0. The molecule has 20 heavy (non-hydrogen) atoms. The molecule has 1 heterocycles. The fraction of sp³-hybridized carbons (Fsp3) is 0. The van der Waals surface area contributed by atoms with Crippen LogP contribution in [0.3, 0.4) is 0 Å². The van der Waals surface area contributed by atoms with E-state index in [0.29, 0.717) is 9.09 Å². The zero-order chi connectivity index (χ0) is 14.4. The summed E-state index contributed by atoms with van der Waals surface area (Å²) in [6.45, 7) is 0. The quantitative estimate of drug-likeness (QED) is 0.459. The first kappa shape index (κ1) is 13.6. The van der Waals surface area contributed by atoms with E-state index in [4.69, 9.17) is 12.2 Å². The summed E-state index contributed by atoms with van der Waals surface area (Å²) in [5.41, 5.74) is 0.490. The van der Waals surface area contributed by atoms with Crippen LogP contribution < -0.4 is 0 Å². The van der Waals surface area contributed by atoms with Crippen LogP contribution >= 0.6 is 34.8 Å². The number of imidazole rings is 1. The molecule has 102 valence electrons. The lowest BCUT2D eigenvalue weighted by Gasteiger charge is -2.07. The Morgan fingerprint density at radius 1 is 1.05 bits per heavy atom. The molecule has 0 spiro atoms. The van der Waals surface area contributed by atoms with Gasteiger partial charge >= 0.3 is 0 Å². The maximum Gasteiger partial charge on any atom is 0.182 e. The third kappa shape index (κ3) is 2.05.